The third-order valence-corrected chi connectivity index (χ3v) is 5.19. The number of likely N-dealkylation sites (N-methyl/N-ethyl adjacent to an activating group) is 1. The van der Waals surface area contributed by atoms with Crippen molar-refractivity contribution in [2.75, 3.05) is 26.2 Å². The van der Waals surface area contributed by atoms with Crippen LogP contribution in [0.2, 0.25) is 0 Å². The molecule has 4 heterocycles. The number of nitrogens with zero attached hydrogens (tertiary/aromatic N) is 5. The Balaban J connectivity index is 1.46. The van der Waals surface area contributed by atoms with Gasteiger partial charge in [0.2, 0.25) is 0 Å². The number of aryl methyl sites for hydroxylation is 1. The van der Waals surface area contributed by atoms with Crippen LogP contribution in [0.15, 0.2) is 42.9 Å². The lowest BCUT2D eigenvalue weighted by molar-refractivity contribution is -0.0718. The smallest absolute Gasteiger partial charge is 0.0911 e. The molecule has 1 N–H and O–H groups in total. The van der Waals surface area contributed by atoms with Crippen LogP contribution in [0, 0.1) is 0 Å². The van der Waals surface area contributed by atoms with Crippen LogP contribution >= 0.6 is 0 Å². The van der Waals surface area contributed by atoms with Crippen LogP contribution in [-0.2, 0) is 18.3 Å². The van der Waals surface area contributed by atoms with E-state index >= 15 is 0 Å². The van der Waals surface area contributed by atoms with Crippen molar-refractivity contribution in [2.24, 2.45) is 7.05 Å². The van der Waals surface area contributed by atoms with Crippen molar-refractivity contribution in [3.63, 3.8) is 0 Å². The average molecular weight is 354 g/mol. The van der Waals surface area contributed by atoms with Crippen LogP contribution in [0.4, 0.5) is 0 Å². The molecule has 26 heavy (non-hydrogen) atoms. The Morgan fingerprint density at radius 3 is 3.00 bits per heavy atom. The summed E-state index contributed by atoms with van der Waals surface area (Å²) in [5.41, 5.74) is 3.54. The Morgan fingerprint density at radius 1 is 1.27 bits per heavy atom. The normalized spacial score (nSPS) is 21.5. The number of nitrogens with one attached hydrogen (secondary N) is 1. The van der Waals surface area contributed by atoms with Gasteiger partial charge < -0.3 is 10.1 Å². The van der Waals surface area contributed by atoms with Crippen molar-refractivity contribution in [3.05, 3.63) is 54.1 Å². The van der Waals surface area contributed by atoms with Gasteiger partial charge in [0.1, 0.15) is 0 Å². The molecule has 1 saturated heterocycles. The van der Waals surface area contributed by atoms with Gasteiger partial charge >= 0.3 is 0 Å². The van der Waals surface area contributed by atoms with E-state index in [9.17, 15) is 0 Å². The van der Waals surface area contributed by atoms with Gasteiger partial charge in [0.15, 0.2) is 0 Å². The summed E-state index contributed by atoms with van der Waals surface area (Å²) in [7, 11) is 2.00. The Labute approximate surface area is 153 Å². The zero-order valence-electron chi connectivity index (χ0n) is 15.4. The lowest BCUT2D eigenvalue weighted by atomic mass is 10.0. The third kappa shape index (κ3) is 3.25. The lowest BCUT2D eigenvalue weighted by Crippen LogP contribution is -2.49. The number of hydrogen-bond acceptors (Lipinski definition) is 5. The van der Waals surface area contributed by atoms with Crippen molar-refractivity contribution >= 4 is 5.52 Å². The van der Waals surface area contributed by atoms with E-state index < -0.39 is 0 Å². The summed E-state index contributed by atoms with van der Waals surface area (Å²) in [6, 6.07) is 8.45. The predicted molar refractivity (Wildman–Crippen MR) is 99.8 cm³/mol. The highest BCUT2D eigenvalue weighted by Crippen LogP contribution is 2.28. The van der Waals surface area contributed by atoms with E-state index in [-0.39, 0.29) is 12.1 Å². The first kappa shape index (κ1) is 17.2. The zero-order valence-corrected chi connectivity index (χ0v) is 15.4. The van der Waals surface area contributed by atoms with Crippen LogP contribution in [0.5, 0.6) is 0 Å². The molecule has 1 aliphatic heterocycles. The molecule has 0 saturated carbocycles. The quantitative estimate of drug-likeness (QED) is 0.729. The summed E-state index contributed by atoms with van der Waals surface area (Å²) in [4.78, 5) is 2.47. The Kier molecular flexibility index (Phi) is 5.01. The number of fused-ring (bicyclic) bond motifs is 1. The zero-order chi connectivity index (χ0) is 17.9. The standard InChI is InChI=1S/C19H26N6O/c1-3-24-10-11-26-18(19(24)17-7-8-21-23(17)2)14-20-12-15-13-22-25-9-5-4-6-16(15)25/h4-9,13,18-20H,3,10-12,14H2,1-2H3/t18-,19-/m0/s1. The predicted octanol–water partition coefficient (Wildman–Crippen LogP) is 1.62. The van der Waals surface area contributed by atoms with Gasteiger partial charge in [0.25, 0.3) is 0 Å². The SMILES string of the molecule is CCN1CCO[C@@H](CNCc2cnn3ccccc23)[C@@H]1c1ccnn1C. The first-order valence-corrected chi connectivity index (χ1v) is 9.23. The lowest BCUT2D eigenvalue weighted by Gasteiger charge is -2.40. The molecule has 1 aliphatic rings. The molecule has 0 unspecified atom stereocenters. The highest BCUT2D eigenvalue weighted by atomic mass is 16.5. The van der Waals surface area contributed by atoms with E-state index in [4.69, 9.17) is 4.74 Å². The average Bonchev–Trinajstić information content (AvgIpc) is 3.28. The van der Waals surface area contributed by atoms with Gasteiger partial charge in [-0.15, -0.1) is 0 Å². The monoisotopic (exact) mass is 354 g/mol. The topological polar surface area (TPSA) is 59.6 Å². The molecule has 0 aromatic carbocycles. The first-order chi connectivity index (χ1) is 12.8. The second kappa shape index (κ2) is 7.57. The maximum atomic E-state index is 6.14. The number of morpholine rings is 1. The van der Waals surface area contributed by atoms with Crippen molar-refractivity contribution in [1.29, 1.82) is 0 Å². The first-order valence-electron chi connectivity index (χ1n) is 9.23. The molecule has 7 heteroatoms. The molecule has 138 valence electrons. The molecule has 0 aliphatic carbocycles. The molecule has 3 aromatic rings. The summed E-state index contributed by atoms with van der Waals surface area (Å²) in [5.74, 6) is 0. The summed E-state index contributed by atoms with van der Waals surface area (Å²) in [6.07, 6.45) is 5.86. The summed E-state index contributed by atoms with van der Waals surface area (Å²) >= 11 is 0. The number of hydrogen-bond donors (Lipinski definition) is 1. The molecule has 0 spiro atoms. The fraction of sp³-hybridized carbons (Fsp3) is 0.474. The number of pyridine rings is 1. The Hall–Kier alpha value is -2.22. The Morgan fingerprint density at radius 2 is 2.19 bits per heavy atom. The minimum Gasteiger partial charge on any atom is -0.374 e. The van der Waals surface area contributed by atoms with Gasteiger partial charge in [-0.2, -0.15) is 10.2 Å². The van der Waals surface area contributed by atoms with Crippen LogP contribution in [0.1, 0.15) is 24.2 Å². The molecule has 4 rings (SSSR count). The molecular formula is C19H26N6O. The second-order valence-electron chi connectivity index (χ2n) is 6.69. The van der Waals surface area contributed by atoms with Gasteiger partial charge in [-0.25, -0.2) is 4.52 Å². The second-order valence-corrected chi connectivity index (χ2v) is 6.69. The van der Waals surface area contributed by atoms with Crippen molar-refractivity contribution in [2.45, 2.75) is 25.6 Å². The minimum absolute atomic E-state index is 0.0981. The van der Waals surface area contributed by atoms with E-state index in [1.165, 1.54) is 11.3 Å². The van der Waals surface area contributed by atoms with Gasteiger partial charge in [-0.1, -0.05) is 13.0 Å². The molecule has 0 radical (unpaired) electrons. The van der Waals surface area contributed by atoms with E-state index in [0.717, 1.165) is 38.3 Å². The van der Waals surface area contributed by atoms with E-state index in [2.05, 4.69) is 39.5 Å². The fourth-order valence-corrected chi connectivity index (χ4v) is 3.84. The molecule has 3 aromatic heterocycles. The number of rotatable bonds is 6. The van der Waals surface area contributed by atoms with Crippen LogP contribution < -0.4 is 5.32 Å². The third-order valence-electron chi connectivity index (χ3n) is 5.19. The van der Waals surface area contributed by atoms with Crippen LogP contribution in [-0.4, -0.2) is 56.6 Å². The largest absolute Gasteiger partial charge is 0.374 e. The molecule has 0 bridgehead atoms. The molecule has 0 amide bonds. The molecule has 1 fully saturated rings. The number of aromatic nitrogens is 4. The van der Waals surface area contributed by atoms with Crippen molar-refractivity contribution in [3.8, 4) is 0 Å². The number of ether oxygens (including phenoxy) is 1. The highest BCUT2D eigenvalue weighted by molar-refractivity contribution is 5.53. The van der Waals surface area contributed by atoms with E-state index in [1.807, 2.05) is 47.0 Å². The van der Waals surface area contributed by atoms with Crippen LogP contribution in [0.3, 0.4) is 0 Å². The maximum Gasteiger partial charge on any atom is 0.0911 e. The highest BCUT2D eigenvalue weighted by Gasteiger charge is 2.34. The van der Waals surface area contributed by atoms with Gasteiger partial charge in [0.05, 0.1) is 36.2 Å². The van der Waals surface area contributed by atoms with E-state index in [0.29, 0.717) is 0 Å². The van der Waals surface area contributed by atoms with Gasteiger partial charge in [-0.3, -0.25) is 9.58 Å². The fourth-order valence-electron chi connectivity index (χ4n) is 3.84. The molecule has 2 atom stereocenters. The summed E-state index contributed by atoms with van der Waals surface area (Å²) in [5, 5.41) is 12.3. The van der Waals surface area contributed by atoms with E-state index in [1.54, 1.807) is 0 Å². The Bertz CT molecular complexity index is 856. The molecule has 7 nitrogen and oxygen atoms in total. The van der Waals surface area contributed by atoms with Gasteiger partial charge in [0, 0.05) is 44.6 Å². The molecular weight excluding hydrogens is 328 g/mol. The summed E-state index contributed by atoms with van der Waals surface area (Å²) < 4.78 is 10.0. The summed E-state index contributed by atoms with van der Waals surface area (Å²) in [6.45, 7) is 6.50. The maximum absolute atomic E-state index is 6.14. The van der Waals surface area contributed by atoms with Gasteiger partial charge in [-0.05, 0) is 24.7 Å². The van der Waals surface area contributed by atoms with Crippen LogP contribution in [0.25, 0.3) is 5.52 Å². The van der Waals surface area contributed by atoms with Crippen molar-refractivity contribution in [1.82, 2.24) is 29.6 Å². The minimum atomic E-state index is 0.0981. The van der Waals surface area contributed by atoms with Crippen molar-refractivity contribution < 1.29 is 4.74 Å².